The number of ether oxygens (including phenoxy) is 1. The minimum absolute atomic E-state index is 0.206. The Morgan fingerprint density at radius 2 is 1.41 bits per heavy atom. The van der Waals surface area contributed by atoms with Crippen LogP contribution < -0.4 is 4.74 Å². The highest BCUT2D eigenvalue weighted by molar-refractivity contribution is 6.51. The molecule has 0 spiro atoms. The molecule has 0 saturated heterocycles. The second-order valence-electron chi connectivity index (χ2n) is 5.97. The summed E-state index contributed by atoms with van der Waals surface area (Å²) in [6, 6.07) is 24.8. The van der Waals surface area contributed by atoms with Gasteiger partial charge in [-0.3, -0.25) is 4.79 Å². The first-order valence-corrected chi connectivity index (χ1v) is 8.85. The number of aliphatic carboxylic acids is 1. The highest BCUT2D eigenvalue weighted by Gasteiger charge is 2.16. The minimum Gasteiger partial charge on any atom is -0.481 e. The van der Waals surface area contributed by atoms with Crippen molar-refractivity contribution < 1.29 is 19.4 Å². The molecule has 0 radical (unpaired) electrons. The highest BCUT2D eigenvalue weighted by atomic mass is 16.5. The van der Waals surface area contributed by atoms with Crippen LogP contribution in [-0.4, -0.2) is 35.4 Å². The van der Waals surface area contributed by atoms with Gasteiger partial charge < -0.3 is 9.84 Å². The predicted octanol–water partition coefficient (Wildman–Crippen LogP) is 3.86. The summed E-state index contributed by atoms with van der Waals surface area (Å²) in [5.74, 6) is -0.955. The SMILES string of the molecule is O=C(O)COc1ccccc1C=NN=C(C(=O)c1ccccc1)c1ccccc1. The first-order valence-electron chi connectivity index (χ1n) is 8.85. The van der Waals surface area contributed by atoms with Crippen LogP contribution in [0.1, 0.15) is 21.5 Å². The molecule has 0 heterocycles. The fourth-order valence-electron chi connectivity index (χ4n) is 2.56. The van der Waals surface area contributed by atoms with Crippen LogP contribution in [0.25, 0.3) is 0 Å². The molecule has 1 N–H and O–H groups in total. The molecular weight excluding hydrogens is 368 g/mol. The standard InChI is InChI=1S/C23H18N2O4/c26-21(27)16-29-20-14-8-7-13-19(20)15-24-25-22(17-9-3-1-4-10-17)23(28)18-11-5-2-6-12-18/h1-15H,16H2,(H,26,27). The van der Waals surface area contributed by atoms with Gasteiger partial charge in [-0.1, -0.05) is 72.8 Å². The summed E-state index contributed by atoms with van der Waals surface area (Å²) in [6.07, 6.45) is 1.43. The van der Waals surface area contributed by atoms with Crippen molar-refractivity contribution in [2.45, 2.75) is 0 Å². The number of Topliss-reactive ketones (excluding diaryl/α,β-unsaturated/α-hetero) is 1. The monoisotopic (exact) mass is 386 g/mol. The van der Waals surface area contributed by atoms with Crippen molar-refractivity contribution in [2.24, 2.45) is 10.2 Å². The molecule has 3 aromatic rings. The van der Waals surface area contributed by atoms with Gasteiger partial charge in [0.15, 0.2) is 6.61 Å². The largest absolute Gasteiger partial charge is 0.481 e. The number of nitrogens with zero attached hydrogens (tertiary/aromatic N) is 2. The number of carboxylic acid groups (broad SMARTS) is 1. The lowest BCUT2D eigenvalue weighted by molar-refractivity contribution is -0.139. The Morgan fingerprint density at radius 1 is 0.828 bits per heavy atom. The van der Waals surface area contributed by atoms with Gasteiger partial charge in [-0.2, -0.15) is 5.10 Å². The number of carbonyl (C=O) groups excluding carboxylic acids is 1. The fourth-order valence-corrected chi connectivity index (χ4v) is 2.56. The Hall–Kier alpha value is -4.06. The molecule has 0 aliphatic rings. The molecule has 0 aromatic heterocycles. The van der Waals surface area contributed by atoms with Gasteiger partial charge in [0.05, 0.1) is 6.21 Å². The molecule has 0 bridgehead atoms. The maximum atomic E-state index is 12.9. The summed E-state index contributed by atoms with van der Waals surface area (Å²) < 4.78 is 5.25. The number of hydrogen-bond donors (Lipinski definition) is 1. The van der Waals surface area contributed by atoms with E-state index in [1.54, 1.807) is 60.7 Å². The second-order valence-corrected chi connectivity index (χ2v) is 5.97. The van der Waals surface area contributed by atoms with Crippen LogP contribution in [-0.2, 0) is 4.79 Å². The Balaban J connectivity index is 1.92. The molecule has 29 heavy (non-hydrogen) atoms. The quantitative estimate of drug-likeness (QED) is 0.362. The number of carboxylic acids is 1. The van der Waals surface area contributed by atoms with E-state index in [4.69, 9.17) is 9.84 Å². The predicted molar refractivity (Wildman–Crippen MR) is 111 cm³/mol. The number of carbonyl (C=O) groups is 2. The van der Waals surface area contributed by atoms with Gasteiger partial charge in [0.1, 0.15) is 11.5 Å². The van der Waals surface area contributed by atoms with Crippen LogP contribution in [0.5, 0.6) is 5.75 Å². The zero-order chi connectivity index (χ0) is 20.5. The van der Waals surface area contributed by atoms with Gasteiger partial charge in [-0.15, -0.1) is 5.10 Å². The Bertz CT molecular complexity index is 1040. The van der Waals surface area contributed by atoms with Crippen molar-refractivity contribution in [2.75, 3.05) is 6.61 Å². The molecule has 3 aromatic carbocycles. The van der Waals surface area contributed by atoms with Gasteiger partial charge in [0, 0.05) is 16.7 Å². The first-order chi connectivity index (χ1) is 14.1. The van der Waals surface area contributed by atoms with E-state index in [2.05, 4.69) is 10.2 Å². The second kappa shape index (κ2) is 9.75. The Morgan fingerprint density at radius 3 is 2.07 bits per heavy atom. The van der Waals surface area contributed by atoms with Crippen molar-refractivity contribution in [1.29, 1.82) is 0 Å². The van der Waals surface area contributed by atoms with Crippen molar-refractivity contribution in [3.63, 3.8) is 0 Å². The summed E-state index contributed by atoms with van der Waals surface area (Å²) in [7, 11) is 0. The zero-order valence-corrected chi connectivity index (χ0v) is 15.4. The molecule has 144 valence electrons. The van der Waals surface area contributed by atoms with Crippen LogP contribution in [0, 0.1) is 0 Å². The molecule has 0 atom stereocenters. The third-order valence-electron chi connectivity index (χ3n) is 3.92. The van der Waals surface area contributed by atoms with Crippen molar-refractivity contribution in [1.82, 2.24) is 0 Å². The number of benzene rings is 3. The summed E-state index contributed by atoms with van der Waals surface area (Å²) in [6.45, 7) is -0.462. The average Bonchev–Trinajstić information content (AvgIpc) is 2.76. The van der Waals surface area contributed by atoms with Gasteiger partial charge in [0.2, 0.25) is 5.78 Å². The summed E-state index contributed by atoms with van der Waals surface area (Å²) >= 11 is 0. The minimum atomic E-state index is -1.07. The lowest BCUT2D eigenvalue weighted by Crippen LogP contribution is -2.15. The van der Waals surface area contributed by atoms with E-state index in [1.165, 1.54) is 6.21 Å². The maximum Gasteiger partial charge on any atom is 0.341 e. The van der Waals surface area contributed by atoms with E-state index in [-0.39, 0.29) is 11.5 Å². The molecule has 6 heteroatoms. The number of para-hydroxylation sites is 1. The first kappa shape index (κ1) is 19.7. The fraction of sp³-hybridized carbons (Fsp3) is 0.0435. The van der Waals surface area contributed by atoms with Gasteiger partial charge in [0.25, 0.3) is 0 Å². The molecule has 0 amide bonds. The lowest BCUT2D eigenvalue weighted by atomic mass is 10.0. The number of ketones is 1. The van der Waals surface area contributed by atoms with E-state index in [1.807, 2.05) is 24.3 Å². The smallest absolute Gasteiger partial charge is 0.341 e. The summed E-state index contributed by atoms with van der Waals surface area (Å²) in [5.41, 5.74) is 1.92. The van der Waals surface area contributed by atoms with Gasteiger partial charge in [-0.05, 0) is 12.1 Å². The van der Waals surface area contributed by atoms with Crippen LogP contribution in [0.15, 0.2) is 95.1 Å². The van der Waals surface area contributed by atoms with E-state index in [0.29, 0.717) is 22.4 Å². The van der Waals surface area contributed by atoms with Crippen LogP contribution in [0.3, 0.4) is 0 Å². The van der Waals surface area contributed by atoms with E-state index in [9.17, 15) is 9.59 Å². The van der Waals surface area contributed by atoms with Crippen molar-refractivity contribution in [3.05, 3.63) is 102 Å². The van der Waals surface area contributed by atoms with Crippen LogP contribution in [0.2, 0.25) is 0 Å². The molecule has 0 aliphatic heterocycles. The molecule has 0 fully saturated rings. The van der Waals surface area contributed by atoms with Gasteiger partial charge in [-0.25, -0.2) is 4.79 Å². The third-order valence-corrected chi connectivity index (χ3v) is 3.92. The Labute approximate surface area is 167 Å². The molecule has 3 rings (SSSR count). The van der Waals surface area contributed by atoms with Crippen molar-refractivity contribution in [3.8, 4) is 5.75 Å². The summed E-state index contributed by atoms with van der Waals surface area (Å²) in [4.78, 5) is 23.7. The van der Waals surface area contributed by atoms with E-state index >= 15 is 0 Å². The zero-order valence-electron chi connectivity index (χ0n) is 15.4. The van der Waals surface area contributed by atoms with Gasteiger partial charge >= 0.3 is 5.97 Å². The third kappa shape index (κ3) is 5.46. The molecule has 0 unspecified atom stereocenters. The number of rotatable bonds is 8. The average molecular weight is 386 g/mol. The molecule has 0 aliphatic carbocycles. The molecule has 0 saturated carbocycles. The molecular formula is C23H18N2O4. The lowest BCUT2D eigenvalue weighted by Gasteiger charge is -2.06. The number of hydrogen-bond acceptors (Lipinski definition) is 5. The normalized spacial score (nSPS) is 11.4. The van der Waals surface area contributed by atoms with Crippen LogP contribution in [0.4, 0.5) is 0 Å². The van der Waals surface area contributed by atoms with E-state index in [0.717, 1.165) is 0 Å². The maximum absolute atomic E-state index is 12.9. The van der Waals surface area contributed by atoms with Crippen LogP contribution >= 0.6 is 0 Å². The highest BCUT2D eigenvalue weighted by Crippen LogP contribution is 2.16. The topological polar surface area (TPSA) is 88.3 Å². The Kier molecular flexibility index (Phi) is 6.62. The summed E-state index contributed by atoms with van der Waals surface area (Å²) in [5, 5.41) is 17.0. The molecule has 6 nitrogen and oxygen atoms in total. The van der Waals surface area contributed by atoms with Crippen molar-refractivity contribution >= 4 is 23.7 Å². The van der Waals surface area contributed by atoms with E-state index < -0.39 is 12.6 Å².